The zero-order valence-electron chi connectivity index (χ0n) is 13.6. The highest BCUT2D eigenvalue weighted by Gasteiger charge is 2.22. The Hall–Kier alpha value is -2.08. The first kappa shape index (κ1) is 15.8. The SMILES string of the molecule is COc1ccccc1OCCN1CCCC[C@H]1Cn1cncn1. The van der Waals surface area contributed by atoms with Gasteiger partial charge in [-0.05, 0) is 31.5 Å². The number of para-hydroxylation sites is 2. The molecule has 0 bridgehead atoms. The molecular weight excluding hydrogens is 292 g/mol. The van der Waals surface area contributed by atoms with Crippen LogP contribution < -0.4 is 9.47 Å². The lowest BCUT2D eigenvalue weighted by atomic mass is 10.0. The standard InChI is InChI=1S/C17H24N4O2/c1-22-16-7-2-3-8-17(16)23-11-10-20-9-5-4-6-15(20)12-21-14-18-13-19-21/h2-3,7-8,13-15H,4-6,9-12H2,1H3/t15-/m0/s1. The molecule has 1 fully saturated rings. The summed E-state index contributed by atoms with van der Waals surface area (Å²) in [6.07, 6.45) is 7.12. The fraction of sp³-hybridized carbons (Fsp3) is 0.529. The molecule has 1 aliphatic rings. The third-order valence-electron chi connectivity index (χ3n) is 4.32. The second-order valence-electron chi connectivity index (χ2n) is 5.80. The van der Waals surface area contributed by atoms with Crippen molar-refractivity contribution in [3.8, 4) is 11.5 Å². The van der Waals surface area contributed by atoms with E-state index in [0.29, 0.717) is 12.6 Å². The number of ether oxygens (including phenoxy) is 2. The minimum absolute atomic E-state index is 0.506. The first-order valence-electron chi connectivity index (χ1n) is 8.19. The summed E-state index contributed by atoms with van der Waals surface area (Å²) in [5.74, 6) is 1.59. The first-order valence-corrected chi connectivity index (χ1v) is 8.19. The molecule has 1 saturated heterocycles. The molecule has 3 rings (SSSR count). The molecule has 124 valence electrons. The number of piperidine rings is 1. The number of benzene rings is 1. The van der Waals surface area contributed by atoms with Gasteiger partial charge in [0.15, 0.2) is 11.5 Å². The van der Waals surface area contributed by atoms with Crippen LogP contribution in [-0.2, 0) is 6.54 Å². The van der Waals surface area contributed by atoms with Crippen molar-refractivity contribution in [2.45, 2.75) is 31.8 Å². The van der Waals surface area contributed by atoms with Crippen molar-refractivity contribution in [3.63, 3.8) is 0 Å². The number of hydrogen-bond acceptors (Lipinski definition) is 5. The highest BCUT2D eigenvalue weighted by atomic mass is 16.5. The summed E-state index contributed by atoms with van der Waals surface area (Å²) in [6, 6.07) is 8.29. The maximum Gasteiger partial charge on any atom is 0.161 e. The van der Waals surface area contributed by atoms with Gasteiger partial charge >= 0.3 is 0 Å². The minimum Gasteiger partial charge on any atom is -0.493 e. The summed E-state index contributed by atoms with van der Waals surface area (Å²) in [6.45, 7) is 3.59. The van der Waals surface area contributed by atoms with Gasteiger partial charge in [0.1, 0.15) is 19.3 Å². The van der Waals surface area contributed by atoms with Crippen LogP contribution in [0.25, 0.3) is 0 Å². The molecule has 1 aliphatic heterocycles. The van der Waals surface area contributed by atoms with Crippen molar-refractivity contribution in [2.75, 3.05) is 26.8 Å². The van der Waals surface area contributed by atoms with Crippen LogP contribution in [0, 0.1) is 0 Å². The van der Waals surface area contributed by atoms with Crippen LogP contribution in [0.4, 0.5) is 0 Å². The van der Waals surface area contributed by atoms with E-state index in [0.717, 1.165) is 31.1 Å². The molecule has 0 N–H and O–H groups in total. The first-order chi connectivity index (χ1) is 11.4. The van der Waals surface area contributed by atoms with E-state index in [1.807, 2.05) is 28.9 Å². The molecule has 2 aromatic rings. The van der Waals surface area contributed by atoms with Gasteiger partial charge in [0.25, 0.3) is 0 Å². The summed E-state index contributed by atoms with van der Waals surface area (Å²) >= 11 is 0. The summed E-state index contributed by atoms with van der Waals surface area (Å²) in [4.78, 5) is 6.53. The molecule has 0 saturated carbocycles. The third kappa shape index (κ3) is 4.22. The van der Waals surface area contributed by atoms with Crippen LogP contribution >= 0.6 is 0 Å². The Morgan fingerprint density at radius 1 is 1.22 bits per heavy atom. The van der Waals surface area contributed by atoms with E-state index in [9.17, 15) is 0 Å². The number of nitrogens with zero attached hydrogens (tertiary/aromatic N) is 4. The maximum atomic E-state index is 5.91. The van der Waals surface area contributed by atoms with Gasteiger partial charge in [-0.15, -0.1) is 0 Å². The molecular formula is C17H24N4O2. The molecule has 2 heterocycles. The molecule has 1 aromatic heterocycles. The van der Waals surface area contributed by atoms with Crippen molar-refractivity contribution in [3.05, 3.63) is 36.9 Å². The second kappa shape index (κ2) is 7.97. The van der Waals surface area contributed by atoms with Crippen molar-refractivity contribution >= 4 is 0 Å². The van der Waals surface area contributed by atoms with Crippen LogP contribution in [0.15, 0.2) is 36.9 Å². The van der Waals surface area contributed by atoms with Gasteiger partial charge in [-0.25, -0.2) is 4.98 Å². The molecule has 1 atom stereocenters. The van der Waals surface area contributed by atoms with Gasteiger partial charge < -0.3 is 9.47 Å². The quantitative estimate of drug-likeness (QED) is 0.784. The molecule has 1 aromatic carbocycles. The van der Waals surface area contributed by atoms with E-state index in [1.165, 1.54) is 19.3 Å². The van der Waals surface area contributed by atoms with Crippen molar-refractivity contribution < 1.29 is 9.47 Å². The van der Waals surface area contributed by atoms with Crippen LogP contribution in [0.2, 0.25) is 0 Å². The van der Waals surface area contributed by atoms with Crippen molar-refractivity contribution in [2.24, 2.45) is 0 Å². The zero-order valence-corrected chi connectivity index (χ0v) is 13.6. The lowest BCUT2D eigenvalue weighted by molar-refractivity contribution is 0.108. The summed E-state index contributed by atoms with van der Waals surface area (Å²) in [5.41, 5.74) is 0. The highest BCUT2D eigenvalue weighted by molar-refractivity contribution is 5.39. The van der Waals surface area contributed by atoms with E-state index in [4.69, 9.17) is 9.47 Å². The molecule has 0 amide bonds. The molecule has 0 radical (unpaired) electrons. The van der Waals surface area contributed by atoms with Crippen LogP contribution in [-0.4, -0.2) is 52.5 Å². The lowest BCUT2D eigenvalue weighted by Crippen LogP contribution is -2.44. The Balaban J connectivity index is 1.53. The normalized spacial score (nSPS) is 18.7. The fourth-order valence-electron chi connectivity index (χ4n) is 3.11. The van der Waals surface area contributed by atoms with Crippen LogP contribution in [0.1, 0.15) is 19.3 Å². The number of hydrogen-bond donors (Lipinski definition) is 0. The van der Waals surface area contributed by atoms with Crippen LogP contribution in [0.5, 0.6) is 11.5 Å². The molecule has 0 aliphatic carbocycles. The Morgan fingerprint density at radius 2 is 2.09 bits per heavy atom. The van der Waals surface area contributed by atoms with Gasteiger partial charge in [0, 0.05) is 12.6 Å². The molecule has 6 heteroatoms. The molecule has 0 spiro atoms. The van der Waals surface area contributed by atoms with E-state index < -0.39 is 0 Å². The molecule has 6 nitrogen and oxygen atoms in total. The number of likely N-dealkylation sites (tertiary alicyclic amines) is 1. The van der Waals surface area contributed by atoms with E-state index in [1.54, 1.807) is 19.8 Å². The Kier molecular flexibility index (Phi) is 5.47. The summed E-state index contributed by atoms with van der Waals surface area (Å²) in [7, 11) is 1.67. The number of methoxy groups -OCH3 is 1. The van der Waals surface area contributed by atoms with Gasteiger partial charge in [-0.1, -0.05) is 18.6 Å². The lowest BCUT2D eigenvalue weighted by Gasteiger charge is -2.35. The summed E-state index contributed by atoms with van der Waals surface area (Å²) in [5, 5.41) is 4.23. The van der Waals surface area contributed by atoms with Gasteiger partial charge in [0.05, 0.1) is 13.7 Å². The second-order valence-corrected chi connectivity index (χ2v) is 5.80. The number of rotatable bonds is 7. The minimum atomic E-state index is 0.506. The smallest absolute Gasteiger partial charge is 0.161 e. The van der Waals surface area contributed by atoms with Gasteiger partial charge in [-0.2, -0.15) is 5.10 Å². The molecule has 0 unspecified atom stereocenters. The molecule has 23 heavy (non-hydrogen) atoms. The zero-order chi connectivity index (χ0) is 15.9. The highest BCUT2D eigenvalue weighted by Crippen LogP contribution is 2.26. The summed E-state index contributed by atoms with van der Waals surface area (Å²) < 4.78 is 13.2. The van der Waals surface area contributed by atoms with Gasteiger partial charge in [-0.3, -0.25) is 9.58 Å². The predicted molar refractivity (Wildman–Crippen MR) is 87.7 cm³/mol. The average Bonchev–Trinajstić information content (AvgIpc) is 3.10. The fourth-order valence-corrected chi connectivity index (χ4v) is 3.11. The predicted octanol–water partition coefficient (Wildman–Crippen LogP) is 2.22. The maximum absolute atomic E-state index is 5.91. The average molecular weight is 316 g/mol. The monoisotopic (exact) mass is 316 g/mol. The third-order valence-corrected chi connectivity index (χ3v) is 4.32. The van der Waals surface area contributed by atoms with Crippen LogP contribution in [0.3, 0.4) is 0 Å². The van der Waals surface area contributed by atoms with E-state index >= 15 is 0 Å². The Labute approximate surface area is 137 Å². The topological polar surface area (TPSA) is 52.4 Å². The van der Waals surface area contributed by atoms with Crippen molar-refractivity contribution in [1.29, 1.82) is 0 Å². The Morgan fingerprint density at radius 3 is 2.87 bits per heavy atom. The van der Waals surface area contributed by atoms with E-state index in [-0.39, 0.29) is 0 Å². The van der Waals surface area contributed by atoms with Gasteiger partial charge in [0.2, 0.25) is 0 Å². The Bertz CT molecular complexity index is 588. The van der Waals surface area contributed by atoms with Crippen molar-refractivity contribution in [1.82, 2.24) is 19.7 Å². The van der Waals surface area contributed by atoms with E-state index in [2.05, 4.69) is 15.0 Å². The largest absolute Gasteiger partial charge is 0.493 e. The number of aromatic nitrogens is 3.